The second-order valence-electron chi connectivity index (χ2n) is 6.26. The molecule has 1 amide bonds. The van der Waals surface area contributed by atoms with Gasteiger partial charge in [-0.25, -0.2) is 9.59 Å². The molecule has 0 heterocycles. The normalized spacial score (nSPS) is 10.8. The van der Waals surface area contributed by atoms with Crippen LogP contribution in [0.15, 0.2) is 53.4 Å². The van der Waals surface area contributed by atoms with Gasteiger partial charge in [-0.05, 0) is 49.2 Å². The van der Waals surface area contributed by atoms with Crippen LogP contribution in [0.5, 0.6) is 0 Å². The minimum Gasteiger partial charge on any atom is -0.473 e. The number of benzene rings is 2. The van der Waals surface area contributed by atoms with Gasteiger partial charge in [0.05, 0.1) is 12.1 Å². The zero-order chi connectivity index (χ0) is 23.6. The van der Waals surface area contributed by atoms with Gasteiger partial charge < -0.3 is 15.5 Å². The maximum absolute atomic E-state index is 12.7. The molecule has 0 spiro atoms. The fourth-order valence-corrected chi connectivity index (χ4v) is 2.73. The average Bonchev–Trinajstić information content (AvgIpc) is 2.68. The molecule has 168 valence electrons. The molecule has 0 saturated heterocycles. The van der Waals surface area contributed by atoms with Crippen LogP contribution in [0.1, 0.15) is 11.1 Å². The number of hydrogen-bond donors (Lipinski definition) is 3. The third-order valence-electron chi connectivity index (χ3n) is 3.68. The molecule has 2 aromatic rings. The van der Waals surface area contributed by atoms with E-state index in [1.807, 2.05) is 30.5 Å². The summed E-state index contributed by atoms with van der Waals surface area (Å²) in [4.78, 5) is 33.2. The highest BCUT2D eigenvalue weighted by Crippen LogP contribution is 2.30. The molecule has 2 aromatic carbocycles. The first-order valence-electron chi connectivity index (χ1n) is 8.67. The van der Waals surface area contributed by atoms with Gasteiger partial charge in [0.2, 0.25) is 5.91 Å². The Balaban J connectivity index is 0.000000703. The van der Waals surface area contributed by atoms with Crippen molar-refractivity contribution in [3.8, 4) is 0 Å². The van der Waals surface area contributed by atoms with Crippen LogP contribution in [0.3, 0.4) is 0 Å². The Morgan fingerprint density at radius 3 is 2.10 bits per heavy atom. The number of carbonyl (C=O) groups is 3. The van der Waals surface area contributed by atoms with E-state index in [1.165, 1.54) is 12.1 Å². The highest BCUT2D eigenvalue weighted by molar-refractivity contribution is 7.98. The minimum atomic E-state index is -4.43. The van der Waals surface area contributed by atoms with E-state index in [9.17, 15) is 18.0 Å². The number of thioether (sulfide) groups is 1. The second kappa shape index (κ2) is 12.0. The molecular weight excluding hydrogens is 437 g/mol. The number of halogens is 3. The molecule has 0 aliphatic carbocycles. The molecule has 2 rings (SSSR count). The Labute approximate surface area is 180 Å². The molecule has 0 fully saturated rings. The van der Waals surface area contributed by atoms with Crippen molar-refractivity contribution in [2.45, 2.75) is 17.6 Å². The fourth-order valence-electron chi connectivity index (χ4n) is 2.32. The Morgan fingerprint density at radius 1 is 1.03 bits per heavy atom. The van der Waals surface area contributed by atoms with Crippen molar-refractivity contribution in [1.29, 1.82) is 0 Å². The molecule has 0 radical (unpaired) electrons. The van der Waals surface area contributed by atoms with Crippen LogP contribution >= 0.6 is 11.8 Å². The summed E-state index contributed by atoms with van der Waals surface area (Å²) in [6, 6.07) is 12.6. The summed E-state index contributed by atoms with van der Waals surface area (Å²) >= 11 is 1.65. The van der Waals surface area contributed by atoms with E-state index in [0.717, 1.165) is 22.6 Å². The lowest BCUT2D eigenvalue weighted by atomic mass is 10.2. The number of carboxylic acids is 2. The largest absolute Gasteiger partial charge is 0.473 e. The summed E-state index contributed by atoms with van der Waals surface area (Å²) in [6.07, 6.45) is -2.43. The van der Waals surface area contributed by atoms with E-state index >= 15 is 0 Å². The van der Waals surface area contributed by atoms with Crippen molar-refractivity contribution in [1.82, 2.24) is 4.90 Å². The number of aliphatic carboxylic acids is 2. The predicted molar refractivity (Wildman–Crippen MR) is 110 cm³/mol. The third-order valence-corrected chi connectivity index (χ3v) is 4.43. The number of hydrogen-bond acceptors (Lipinski definition) is 5. The number of nitrogens with one attached hydrogen (secondary N) is 1. The van der Waals surface area contributed by atoms with Crippen LogP contribution < -0.4 is 5.32 Å². The van der Waals surface area contributed by atoms with Gasteiger partial charge in [0.25, 0.3) is 0 Å². The number of rotatable bonds is 6. The zero-order valence-electron chi connectivity index (χ0n) is 16.6. The molecular formula is C20H21F3N2O5S. The standard InChI is InChI=1S/C18H19F3N2OS.C2H2O4/c1-23(11-13-6-8-16(25-2)9-7-13)12-17(24)22-15-5-3-4-14(10-15)18(19,20)21;3-1(4)2(5)6/h3-10H,11-12H2,1-2H3,(H,22,24);(H,3,4)(H,5,6). The number of carboxylic acid groups (broad SMARTS) is 2. The molecule has 0 aliphatic heterocycles. The van der Waals surface area contributed by atoms with E-state index in [-0.39, 0.29) is 18.1 Å². The summed E-state index contributed by atoms with van der Waals surface area (Å²) < 4.78 is 38.1. The maximum Gasteiger partial charge on any atom is 0.416 e. The molecule has 3 N–H and O–H groups in total. The van der Waals surface area contributed by atoms with E-state index in [1.54, 1.807) is 23.7 Å². The average molecular weight is 458 g/mol. The van der Waals surface area contributed by atoms with Gasteiger partial charge >= 0.3 is 18.1 Å². The lowest BCUT2D eigenvalue weighted by molar-refractivity contribution is -0.159. The van der Waals surface area contributed by atoms with E-state index in [0.29, 0.717) is 6.54 Å². The maximum atomic E-state index is 12.7. The first-order valence-corrected chi connectivity index (χ1v) is 9.89. The summed E-state index contributed by atoms with van der Waals surface area (Å²) in [5.74, 6) is -4.01. The van der Waals surface area contributed by atoms with Gasteiger partial charge in [-0.2, -0.15) is 13.2 Å². The molecule has 0 aromatic heterocycles. The van der Waals surface area contributed by atoms with Crippen molar-refractivity contribution in [3.05, 3.63) is 59.7 Å². The van der Waals surface area contributed by atoms with Gasteiger partial charge in [-0.1, -0.05) is 18.2 Å². The van der Waals surface area contributed by atoms with Crippen LogP contribution in [-0.4, -0.2) is 52.8 Å². The minimum absolute atomic E-state index is 0.0839. The van der Waals surface area contributed by atoms with Crippen LogP contribution in [0.2, 0.25) is 0 Å². The summed E-state index contributed by atoms with van der Waals surface area (Å²) in [5.41, 5.74) is 0.414. The highest BCUT2D eigenvalue weighted by atomic mass is 32.2. The summed E-state index contributed by atoms with van der Waals surface area (Å²) in [5, 5.41) is 17.3. The van der Waals surface area contributed by atoms with Crippen LogP contribution in [-0.2, 0) is 27.1 Å². The molecule has 7 nitrogen and oxygen atoms in total. The van der Waals surface area contributed by atoms with Crippen molar-refractivity contribution in [3.63, 3.8) is 0 Å². The highest BCUT2D eigenvalue weighted by Gasteiger charge is 2.30. The Morgan fingerprint density at radius 2 is 1.61 bits per heavy atom. The number of carbonyl (C=O) groups excluding carboxylic acids is 1. The van der Waals surface area contributed by atoms with Gasteiger partial charge in [0.1, 0.15) is 0 Å². The van der Waals surface area contributed by atoms with Crippen LogP contribution in [0.25, 0.3) is 0 Å². The van der Waals surface area contributed by atoms with Crippen molar-refractivity contribution < 1.29 is 37.8 Å². The molecule has 0 bridgehead atoms. The molecule has 0 unspecified atom stereocenters. The number of alkyl halides is 3. The van der Waals surface area contributed by atoms with Crippen molar-refractivity contribution in [2.24, 2.45) is 0 Å². The number of nitrogens with zero attached hydrogens (tertiary/aromatic N) is 1. The lowest BCUT2D eigenvalue weighted by Gasteiger charge is -2.17. The monoisotopic (exact) mass is 458 g/mol. The molecule has 0 aliphatic rings. The number of likely N-dealkylation sites (N-methyl/N-ethyl adjacent to an activating group) is 1. The van der Waals surface area contributed by atoms with Gasteiger partial charge in [-0.3, -0.25) is 9.69 Å². The Hall–Kier alpha value is -3.05. The molecule has 0 atom stereocenters. The second-order valence-corrected chi connectivity index (χ2v) is 7.14. The van der Waals surface area contributed by atoms with Crippen molar-refractivity contribution in [2.75, 3.05) is 25.2 Å². The number of amides is 1. The van der Waals surface area contributed by atoms with E-state index < -0.39 is 23.7 Å². The van der Waals surface area contributed by atoms with Gasteiger partial charge in [-0.15, -0.1) is 11.8 Å². The lowest BCUT2D eigenvalue weighted by Crippen LogP contribution is -2.29. The first kappa shape index (κ1) is 26.0. The summed E-state index contributed by atoms with van der Waals surface area (Å²) in [7, 11) is 1.79. The number of anilines is 1. The molecule has 31 heavy (non-hydrogen) atoms. The Bertz CT molecular complexity index is 892. The van der Waals surface area contributed by atoms with Gasteiger partial charge in [0.15, 0.2) is 0 Å². The smallest absolute Gasteiger partial charge is 0.416 e. The quantitative estimate of drug-likeness (QED) is 0.448. The van der Waals surface area contributed by atoms with Gasteiger partial charge in [0, 0.05) is 17.1 Å². The zero-order valence-corrected chi connectivity index (χ0v) is 17.5. The Kier molecular flexibility index (Phi) is 10.0. The fraction of sp³-hybridized carbons (Fsp3) is 0.250. The van der Waals surface area contributed by atoms with Crippen LogP contribution in [0, 0.1) is 0 Å². The summed E-state index contributed by atoms with van der Waals surface area (Å²) in [6.45, 7) is 0.658. The van der Waals surface area contributed by atoms with E-state index in [2.05, 4.69) is 5.32 Å². The SMILES string of the molecule is CSc1ccc(CN(C)CC(=O)Nc2cccc(C(F)(F)F)c2)cc1.O=C(O)C(=O)O. The predicted octanol–water partition coefficient (Wildman–Crippen LogP) is 3.65. The first-order chi connectivity index (χ1) is 14.4. The van der Waals surface area contributed by atoms with E-state index in [4.69, 9.17) is 19.8 Å². The molecule has 11 heteroatoms. The van der Waals surface area contributed by atoms with Crippen molar-refractivity contribution >= 4 is 35.3 Å². The molecule has 0 saturated carbocycles. The topological polar surface area (TPSA) is 107 Å². The third kappa shape index (κ3) is 10.0. The van der Waals surface area contributed by atoms with Crippen LogP contribution in [0.4, 0.5) is 18.9 Å².